The molecule has 11 heteroatoms. The Morgan fingerprint density at radius 1 is 0.943 bits per heavy atom. The minimum Gasteiger partial charge on any atom is -0.480 e. The van der Waals surface area contributed by atoms with Crippen molar-refractivity contribution >= 4 is 42.3 Å². The van der Waals surface area contributed by atoms with Gasteiger partial charge in [0.05, 0.1) is 6.04 Å². The minimum absolute atomic E-state index is 0.190. The molecule has 0 aliphatic heterocycles. The Bertz CT molecular complexity index is 853. The van der Waals surface area contributed by atoms with E-state index in [1.807, 2.05) is 66.8 Å². The van der Waals surface area contributed by atoms with Crippen molar-refractivity contribution < 1.29 is 19.5 Å². The van der Waals surface area contributed by atoms with Crippen LogP contribution in [0.4, 0.5) is 4.79 Å². The van der Waals surface area contributed by atoms with Gasteiger partial charge in [-0.1, -0.05) is 54.7 Å². The number of hydrogen-bond acceptors (Lipinski definition) is 7. The fraction of sp³-hybridized carbons (Fsp3) is 0.375. The zero-order valence-electron chi connectivity index (χ0n) is 19.6. The molecule has 3 amide bonds. The van der Waals surface area contributed by atoms with Gasteiger partial charge in [0.15, 0.2) is 0 Å². The third-order valence-electron chi connectivity index (χ3n) is 4.46. The summed E-state index contributed by atoms with van der Waals surface area (Å²) in [5.74, 6) is -0.824. The smallest absolute Gasteiger partial charge is 0.323 e. The van der Waals surface area contributed by atoms with Crippen molar-refractivity contribution in [3.63, 3.8) is 0 Å². The van der Waals surface area contributed by atoms with Crippen LogP contribution < -0.4 is 27.2 Å². The van der Waals surface area contributed by atoms with Crippen LogP contribution in [0.2, 0.25) is 0 Å². The first-order valence-electron chi connectivity index (χ1n) is 11.3. The predicted molar refractivity (Wildman–Crippen MR) is 146 cm³/mol. The summed E-state index contributed by atoms with van der Waals surface area (Å²) in [6, 6.07) is -2.06. The molecule has 0 spiro atoms. The van der Waals surface area contributed by atoms with E-state index in [1.54, 1.807) is 0 Å². The van der Waals surface area contributed by atoms with E-state index < -0.39 is 24.0 Å². The quantitative estimate of drug-likeness (QED) is 0.105. The van der Waals surface area contributed by atoms with Crippen molar-refractivity contribution in [3.05, 3.63) is 71.7 Å². The van der Waals surface area contributed by atoms with Gasteiger partial charge in [-0.25, -0.2) is 10.2 Å². The molecular weight excluding hydrogens is 486 g/mol. The van der Waals surface area contributed by atoms with Crippen LogP contribution in [0.25, 0.3) is 0 Å². The molecule has 0 fully saturated rings. The number of aliphatic carboxylic acids is 1. The number of hydrogen-bond donors (Lipinski definition) is 7. The number of nitrogens with one attached hydrogen (secondary N) is 4. The summed E-state index contributed by atoms with van der Waals surface area (Å²) in [5, 5.41) is 14.9. The summed E-state index contributed by atoms with van der Waals surface area (Å²) in [5.41, 5.74) is 10.9. The van der Waals surface area contributed by atoms with Crippen molar-refractivity contribution in [1.82, 2.24) is 21.5 Å². The summed E-state index contributed by atoms with van der Waals surface area (Å²) in [6.45, 7) is 0.951. The molecule has 7 N–H and O–H groups in total. The van der Waals surface area contributed by atoms with Crippen molar-refractivity contribution in [1.29, 1.82) is 0 Å². The number of amides is 3. The van der Waals surface area contributed by atoms with Crippen molar-refractivity contribution in [2.45, 2.75) is 31.3 Å². The molecule has 0 aromatic carbocycles. The second-order valence-corrected chi connectivity index (χ2v) is 8.85. The van der Waals surface area contributed by atoms with E-state index >= 15 is 0 Å². The van der Waals surface area contributed by atoms with Gasteiger partial charge in [-0.05, 0) is 31.4 Å². The van der Waals surface area contributed by atoms with Gasteiger partial charge >= 0.3 is 12.0 Å². The maximum absolute atomic E-state index is 12.2. The Balaban J connectivity index is 2.42. The van der Waals surface area contributed by atoms with E-state index in [0.29, 0.717) is 38.1 Å². The number of thiol groups is 1. The van der Waals surface area contributed by atoms with Gasteiger partial charge in [0.2, 0.25) is 0 Å². The van der Waals surface area contributed by atoms with Crippen LogP contribution in [0.15, 0.2) is 71.7 Å². The molecular formula is C24H35N5O4S2. The first-order valence-corrected chi connectivity index (χ1v) is 12.9. The van der Waals surface area contributed by atoms with E-state index in [4.69, 9.17) is 5.73 Å². The molecule has 1 rings (SSSR count). The summed E-state index contributed by atoms with van der Waals surface area (Å²) in [4.78, 5) is 36.2. The second-order valence-electron chi connectivity index (χ2n) is 7.31. The van der Waals surface area contributed by atoms with Crippen LogP contribution in [0, 0.1) is 0 Å². The zero-order chi connectivity index (χ0) is 25.7. The largest absolute Gasteiger partial charge is 0.480 e. The molecule has 0 aromatic rings. The van der Waals surface area contributed by atoms with Gasteiger partial charge < -0.3 is 21.5 Å². The zero-order valence-corrected chi connectivity index (χ0v) is 21.3. The highest BCUT2D eigenvalue weighted by atomic mass is 32.2. The lowest BCUT2D eigenvalue weighted by Crippen LogP contribution is -2.53. The summed E-state index contributed by atoms with van der Waals surface area (Å²) in [7, 11) is 0. The molecule has 0 radical (unpaired) electrons. The maximum Gasteiger partial charge on any atom is 0.323 e. The Kier molecular flexibility index (Phi) is 16.9. The first-order chi connectivity index (χ1) is 16.9. The molecule has 2 unspecified atom stereocenters. The number of thioether (sulfide) groups is 1. The number of allylic oxidation sites excluding steroid dienone is 11. The number of rotatable bonds is 14. The molecule has 1 aliphatic carbocycles. The van der Waals surface area contributed by atoms with E-state index in [1.165, 1.54) is 11.8 Å². The molecule has 0 saturated heterocycles. The Morgan fingerprint density at radius 3 is 2.23 bits per heavy atom. The number of carboxylic acids is 1. The van der Waals surface area contributed by atoms with Gasteiger partial charge in [0.25, 0.3) is 5.91 Å². The summed E-state index contributed by atoms with van der Waals surface area (Å²) in [6.07, 6.45) is 22.5. The van der Waals surface area contributed by atoms with Crippen LogP contribution >= 0.6 is 24.4 Å². The second kappa shape index (κ2) is 19.6. The minimum atomic E-state index is -1.09. The molecule has 0 saturated carbocycles. The molecule has 1 aliphatic rings. The highest BCUT2D eigenvalue weighted by Crippen LogP contribution is 2.19. The highest BCUT2D eigenvalue weighted by Gasteiger charge is 2.20. The first kappa shape index (κ1) is 30.3. The van der Waals surface area contributed by atoms with Crippen molar-refractivity contribution in [3.8, 4) is 0 Å². The van der Waals surface area contributed by atoms with Crippen LogP contribution in [-0.4, -0.2) is 59.7 Å². The highest BCUT2D eigenvalue weighted by molar-refractivity contribution is 8.03. The number of urea groups is 1. The average Bonchev–Trinajstić information content (AvgIpc) is 2.83. The number of carbonyl (C=O) groups excluding carboxylic acids is 2. The molecule has 35 heavy (non-hydrogen) atoms. The number of carbonyl (C=O) groups is 3. The van der Waals surface area contributed by atoms with E-state index in [-0.39, 0.29) is 11.8 Å². The Hall–Kier alpha value is -2.73. The number of nitrogens with two attached hydrogens (primary N) is 1. The molecule has 9 nitrogen and oxygen atoms in total. The van der Waals surface area contributed by atoms with Crippen molar-refractivity contribution in [2.75, 3.05) is 24.6 Å². The van der Waals surface area contributed by atoms with E-state index in [9.17, 15) is 19.5 Å². The van der Waals surface area contributed by atoms with Crippen molar-refractivity contribution in [2.24, 2.45) is 5.73 Å². The van der Waals surface area contributed by atoms with E-state index in [0.717, 1.165) is 4.91 Å². The van der Waals surface area contributed by atoms with E-state index in [2.05, 4.69) is 34.1 Å². The maximum atomic E-state index is 12.2. The molecule has 2 atom stereocenters. The third-order valence-corrected chi connectivity index (χ3v) is 5.78. The third kappa shape index (κ3) is 15.7. The number of hydrazine groups is 1. The fourth-order valence-corrected chi connectivity index (χ4v) is 3.61. The van der Waals surface area contributed by atoms with Gasteiger partial charge in [-0.15, -0.1) is 11.8 Å². The van der Waals surface area contributed by atoms with Gasteiger partial charge in [-0.3, -0.25) is 15.0 Å². The molecule has 0 aromatic heterocycles. The fourth-order valence-electron chi connectivity index (χ4n) is 2.56. The lowest BCUT2D eigenvalue weighted by molar-refractivity contribution is -0.139. The average molecular weight is 522 g/mol. The number of unbranched alkanes of at least 4 members (excludes halogenated alkanes) is 1. The molecule has 0 heterocycles. The topological polar surface area (TPSA) is 146 Å². The summed E-state index contributed by atoms with van der Waals surface area (Å²) >= 11 is 5.36. The van der Waals surface area contributed by atoms with Gasteiger partial charge in [-0.2, -0.15) is 12.6 Å². The standard InChI is InChI=1S/C24H35N5O4S2/c25-20(14-10-11-15-26-24(33)27-16-17-34)22(30)29-28-21(23(31)32)18-35-19-12-8-6-4-2-1-3-5-7-9-13-19/h1-9,12-13,20-21,28,34H,10-11,14-18,25H2,(H,29,30)(H,31,32)(H2,26,27,33)/b2-1-,3-1?,4-2?,5-3-,6-4-,7-5?,8-6?,9-7-,12-8?,13-9?,19-12?,19-13?. The lowest BCUT2D eigenvalue weighted by Gasteiger charge is -2.17. The number of carboxylic acid groups (broad SMARTS) is 1. The van der Waals surface area contributed by atoms with Crippen LogP contribution in [-0.2, 0) is 9.59 Å². The van der Waals surface area contributed by atoms with Gasteiger partial charge in [0.1, 0.15) is 6.04 Å². The SMILES string of the molecule is NC(CCCCNC(=O)NCCS)C(=O)NNC(CSC1=C\C=C/C=C\C=C/C=C\C=C1)C(=O)O. The summed E-state index contributed by atoms with van der Waals surface area (Å²) < 4.78 is 0. The van der Waals surface area contributed by atoms with Crippen LogP contribution in [0.3, 0.4) is 0 Å². The van der Waals surface area contributed by atoms with Crippen LogP contribution in [0.1, 0.15) is 19.3 Å². The monoisotopic (exact) mass is 521 g/mol. The normalized spacial score (nSPS) is 18.5. The predicted octanol–water partition coefficient (Wildman–Crippen LogP) is 2.20. The molecule has 192 valence electrons. The Labute approximate surface area is 216 Å². The van der Waals surface area contributed by atoms with Crippen LogP contribution in [0.5, 0.6) is 0 Å². The Morgan fingerprint density at radius 2 is 1.57 bits per heavy atom. The van der Waals surface area contributed by atoms with Gasteiger partial charge in [0, 0.05) is 29.5 Å². The lowest BCUT2D eigenvalue weighted by atomic mass is 10.1. The molecule has 0 bridgehead atoms.